The second-order valence-electron chi connectivity index (χ2n) is 9.17. The Kier molecular flexibility index (Phi) is 5.01. The Morgan fingerprint density at radius 2 is 2.03 bits per heavy atom. The van der Waals surface area contributed by atoms with Crippen molar-refractivity contribution in [2.75, 3.05) is 19.0 Å². The third kappa shape index (κ3) is 3.11. The van der Waals surface area contributed by atoms with Crippen LogP contribution in [-0.4, -0.2) is 52.7 Å². The van der Waals surface area contributed by atoms with Crippen molar-refractivity contribution in [2.24, 2.45) is 11.3 Å². The van der Waals surface area contributed by atoms with E-state index >= 15 is 0 Å². The molecule has 5 rings (SSSR count). The Hall–Kier alpha value is -2.41. The van der Waals surface area contributed by atoms with Crippen LogP contribution in [0.5, 0.6) is 0 Å². The molecule has 1 aliphatic heterocycles. The Balaban J connectivity index is 1.34. The van der Waals surface area contributed by atoms with Crippen molar-refractivity contribution in [3.8, 4) is 0 Å². The summed E-state index contributed by atoms with van der Waals surface area (Å²) < 4.78 is 5.48. The molecule has 7 nitrogen and oxygen atoms in total. The SMILES string of the molecule is COC1CC(C2(C(=O)N3CCC[C@@H]3C(=O)Nc3cccc4[nH]ncc34)CCCC2)C1. The first-order valence-electron chi connectivity index (χ1n) is 11.2. The number of fused-ring (bicyclic) bond motifs is 1. The number of aromatic amines is 1. The minimum atomic E-state index is -0.393. The fourth-order valence-corrected chi connectivity index (χ4v) is 5.87. The van der Waals surface area contributed by atoms with E-state index in [-0.39, 0.29) is 23.3 Å². The Bertz CT molecular complexity index is 943. The minimum absolute atomic E-state index is 0.0916. The summed E-state index contributed by atoms with van der Waals surface area (Å²) in [5.74, 6) is 0.506. The second-order valence-corrected chi connectivity index (χ2v) is 9.17. The number of anilines is 1. The molecule has 0 radical (unpaired) electrons. The van der Waals surface area contributed by atoms with Gasteiger partial charge in [0.15, 0.2) is 0 Å². The summed E-state index contributed by atoms with van der Waals surface area (Å²) in [6, 6.07) is 5.31. The van der Waals surface area contributed by atoms with Crippen LogP contribution in [0, 0.1) is 11.3 Å². The first-order chi connectivity index (χ1) is 14.6. The average Bonchev–Trinajstić information content (AvgIpc) is 3.47. The predicted molar refractivity (Wildman–Crippen MR) is 114 cm³/mol. The van der Waals surface area contributed by atoms with Gasteiger partial charge in [0.05, 0.1) is 28.9 Å². The highest BCUT2D eigenvalue weighted by Crippen LogP contribution is 2.54. The number of nitrogens with one attached hydrogen (secondary N) is 2. The van der Waals surface area contributed by atoms with Gasteiger partial charge in [-0.15, -0.1) is 0 Å². The minimum Gasteiger partial charge on any atom is -0.381 e. The summed E-state index contributed by atoms with van der Waals surface area (Å²) in [6.45, 7) is 0.676. The van der Waals surface area contributed by atoms with E-state index in [9.17, 15) is 9.59 Å². The van der Waals surface area contributed by atoms with Gasteiger partial charge in [-0.2, -0.15) is 5.10 Å². The summed E-state index contributed by atoms with van der Waals surface area (Å²) in [5.41, 5.74) is 1.33. The first kappa shape index (κ1) is 19.5. The molecule has 30 heavy (non-hydrogen) atoms. The number of rotatable bonds is 5. The number of hydrogen-bond donors (Lipinski definition) is 2. The fourth-order valence-electron chi connectivity index (χ4n) is 5.87. The van der Waals surface area contributed by atoms with Crippen molar-refractivity contribution in [3.63, 3.8) is 0 Å². The highest BCUT2D eigenvalue weighted by atomic mass is 16.5. The first-order valence-corrected chi connectivity index (χ1v) is 11.2. The van der Waals surface area contributed by atoms with Crippen LogP contribution in [0.3, 0.4) is 0 Å². The molecule has 1 aromatic heterocycles. The molecule has 7 heteroatoms. The Morgan fingerprint density at radius 3 is 2.80 bits per heavy atom. The van der Waals surface area contributed by atoms with E-state index in [2.05, 4.69) is 15.5 Å². The second kappa shape index (κ2) is 7.69. The number of methoxy groups -OCH3 is 1. The molecule has 2 aliphatic carbocycles. The van der Waals surface area contributed by atoms with E-state index in [1.54, 1.807) is 13.3 Å². The van der Waals surface area contributed by atoms with Crippen LogP contribution >= 0.6 is 0 Å². The van der Waals surface area contributed by atoms with Gasteiger partial charge < -0.3 is 15.0 Å². The van der Waals surface area contributed by atoms with E-state index in [0.717, 1.165) is 68.0 Å². The smallest absolute Gasteiger partial charge is 0.247 e. The van der Waals surface area contributed by atoms with Gasteiger partial charge in [0.25, 0.3) is 0 Å². The third-order valence-electron chi connectivity index (χ3n) is 7.69. The van der Waals surface area contributed by atoms with Crippen LogP contribution in [0.4, 0.5) is 5.69 Å². The van der Waals surface area contributed by atoms with Crippen molar-refractivity contribution in [1.82, 2.24) is 15.1 Å². The standard InChI is InChI=1S/C23H30N4O3/c1-30-16-12-15(13-16)23(9-2-3-10-23)22(29)27-11-5-8-20(27)21(28)25-18-6-4-7-19-17(18)14-24-26-19/h4,6-7,14-16,20H,2-3,5,8-13H2,1H3,(H,24,26)(H,25,28)/t15?,16?,20-/m1/s1. The zero-order valence-corrected chi connectivity index (χ0v) is 17.5. The van der Waals surface area contributed by atoms with Crippen LogP contribution in [0.1, 0.15) is 51.4 Å². The van der Waals surface area contributed by atoms with E-state index in [0.29, 0.717) is 12.5 Å². The molecular weight excluding hydrogens is 380 g/mol. The van der Waals surface area contributed by atoms with Crippen molar-refractivity contribution in [1.29, 1.82) is 0 Å². The van der Waals surface area contributed by atoms with Gasteiger partial charge in [0.2, 0.25) is 11.8 Å². The predicted octanol–water partition coefficient (Wildman–Crippen LogP) is 3.48. The molecule has 1 atom stereocenters. The zero-order valence-electron chi connectivity index (χ0n) is 17.5. The topological polar surface area (TPSA) is 87.3 Å². The van der Waals surface area contributed by atoms with Gasteiger partial charge in [-0.25, -0.2) is 0 Å². The number of nitrogens with zero attached hydrogens (tertiary/aromatic N) is 2. The molecule has 1 saturated heterocycles. The van der Waals surface area contributed by atoms with Crippen LogP contribution in [-0.2, 0) is 14.3 Å². The maximum Gasteiger partial charge on any atom is 0.247 e. The number of ether oxygens (including phenoxy) is 1. The monoisotopic (exact) mass is 410 g/mol. The number of hydrogen-bond acceptors (Lipinski definition) is 4. The number of aromatic nitrogens is 2. The highest BCUT2D eigenvalue weighted by Gasteiger charge is 2.55. The molecule has 2 aromatic rings. The summed E-state index contributed by atoms with van der Waals surface area (Å²) in [7, 11) is 1.76. The third-order valence-corrected chi connectivity index (χ3v) is 7.69. The van der Waals surface area contributed by atoms with E-state index in [1.165, 1.54) is 0 Å². The molecule has 2 saturated carbocycles. The molecule has 0 unspecified atom stereocenters. The molecule has 1 aromatic carbocycles. The van der Waals surface area contributed by atoms with Gasteiger partial charge in [0, 0.05) is 19.0 Å². The summed E-state index contributed by atoms with van der Waals surface area (Å²) in [4.78, 5) is 28.9. The normalized spacial score (nSPS) is 27.9. The number of amides is 2. The lowest BCUT2D eigenvalue weighted by Gasteiger charge is -2.47. The summed E-state index contributed by atoms with van der Waals surface area (Å²) in [5, 5.41) is 10.9. The number of likely N-dealkylation sites (tertiary alicyclic amines) is 1. The van der Waals surface area contributed by atoms with Gasteiger partial charge in [0.1, 0.15) is 6.04 Å². The lowest BCUT2D eigenvalue weighted by molar-refractivity contribution is -0.155. The van der Waals surface area contributed by atoms with Crippen LogP contribution in [0.15, 0.2) is 24.4 Å². The summed E-state index contributed by atoms with van der Waals surface area (Å²) >= 11 is 0. The molecule has 2 amide bonds. The zero-order chi connectivity index (χ0) is 20.7. The molecule has 2 N–H and O–H groups in total. The van der Waals surface area contributed by atoms with Crippen molar-refractivity contribution in [3.05, 3.63) is 24.4 Å². The quantitative estimate of drug-likeness (QED) is 0.790. The maximum atomic E-state index is 13.8. The summed E-state index contributed by atoms with van der Waals surface area (Å²) in [6.07, 6.45) is 9.65. The van der Waals surface area contributed by atoms with Crippen LogP contribution in [0.25, 0.3) is 10.9 Å². The molecule has 0 bridgehead atoms. The maximum absolute atomic E-state index is 13.8. The Morgan fingerprint density at radius 1 is 1.23 bits per heavy atom. The molecule has 0 spiro atoms. The van der Waals surface area contributed by atoms with Gasteiger partial charge >= 0.3 is 0 Å². The number of benzene rings is 1. The Labute approximate surface area is 176 Å². The van der Waals surface area contributed by atoms with Crippen molar-refractivity contribution >= 4 is 28.4 Å². The van der Waals surface area contributed by atoms with Gasteiger partial charge in [-0.3, -0.25) is 14.7 Å². The van der Waals surface area contributed by atoms with Crippen molar-refractivity contribution < 1.29 is 14.3 Å². The lowest BCUT2D eigenvalue weighted by atomic mass is 9.62. The molecule has 2 heterocycles. The lowest BCUT2D eigenvalue weighted by Crippen LogP contribution is -2.54. The molecule has 3 aliphatic rings. The van der Waals surface area contributed by atoms with E-state index < -0.39 is 6.04 Å². The van der Waals surface area contributed by atoms with E-state index in [4.69, 9.17) is 4.74 Å². The number of H-pyrrole nitrogens is 1. The molecular formula is C23H30N4O3. The molecule has 3 fully saturated rings. The van der Waals surface area contributed by atoms with E-state index in [1.807, 2.05) is 23.1 Å². The molecule has 160 valence electrons. The van der Waals surface area contributed by atoms with Crippen molar-refractivity contribution in [2.45, 2.75) is 63.5 Å². The van der Waals surface area contributed by atoms with Crippen LogP contribution < -0.4 is 5.32 Å². The average molecular weight is 411 g/mol. The fraction of sp³-hybridized carbons (Fsp3) is 0.609. The number of carbonyl (C=O) groups is 2. The van der Waals surface area contributed by atoms with Crippen LogP contribution in [0.2, 0.25) is 0 Å². The highest BCUT2D eigenvalue weighted by molar-refractivity contribution is 6.04. The van der Waals surface area contributed by atoms with Gasteiger partial charge in [-0.1, -0.05) is 18.9 Å². The largest absolute Gasteiger partial charge is 0.381 e. The number of carbonyl (C=O) groups excluding carboxylic acids is 2. The van der Waals surface area contributed by atoms with Gasteiger partial charge in [-0.05, 0) is 56.6 Å².